The Hall–Kier alpha value is -2.29. The smallest absolute Gasteiger partial charge is 0.424 e. The van der Waals surface area contributed by atoms with Crippen LogP contribution in [0.25, 0.3) is 11.3 Å². The molecule has 1 aliphatic heterocycles. The molecule has 1 aromatic carbocycles. The maximum absolute atomic E-state index is 14.6. The number of pyridine rings is 1. The topological polar surface area (TPSA) is 111 Å². The fraction of sp³-hybridized carbons (Fsp3) is 0.476. The first kappa shape index (κ1) is 27.3. The molecule has 35 heavy (non-hydrogen) atoms. The summed E-state index contributed by atoms with van der Waals surface area (Å²) in [4.78, 5) is 3.78. The van der Waals surface area contributed by atoms with Crippen LogP contribution in [0.5, 0.6) is 5.75 Å². The summed E-state index contributed by atoms with van der Waals surface area (Å²) in [7, 11) is -2.25. The van der Waals surface area contributed by atoms with Crippen molar-refractivity contribution in [3.8, 4) is 17.0 Å². The van der Waals surface area contributed by atoms with E-state index in [2.05, 4.69) is 4.98 Å². The lowest BCUT2D eigenvalue weighted by molar-refractivity contribution is -0.263. The van der Waals surface area contributed by atoms with Crippen molar-refractivity contribution in [1.82, 2.24) is 4.98 Å². The number of ether oxygens (including phenoxy) is 1. The predicted octanol–water partition coefficient (Wildman–Crippen LogP) is 3.58. The largest absolute Gasteiger partial charge is 0.490 e. The Morgan fingerprint density at radius 3 is 2.17 bits per heavy atom. The summed E-state index contributed by atoms with van der Waals surface area (Å²) in [5.74, 6) is -1.22. The Balaban J connectivity index is 2.42. The standard InChI is InChI=1S/C21H22F7N3O3S/c1-17(2,35(30)33)8-18(20(23,24)25)10-34-16-13(18)7-14(19(32,9-29)21(26,27)28)31-15(16)11-3-5-12(22)6-4-11/h3-7,32H,8-10,29-30H2,1-2H3/t18-,19-,35?/m0/s1. The van der Waals surface area contributed by atoms with E-state index in [0.29, 0.717) is 6.07 Å². The molecule has 2 heterocycles. The van der Waals surface area contributed by atoms with Crippen LogP contribution in [0.15, 0.2) is 30.3 Å². The molecule has 0 amide bonds. The second-order valence-corrected chi connectivity index (χ2v) is 10.6. The summed E-state index contributed by atoms with van der Waals surface area (Å²) in [5, 5.41) is 15.8. The minimum absolute atomic E-state index is 0.0642. The lowest BCUT2D eigenvalue weighted by Gasteiger charge is -2.37. The summed E-state index contributed by atoms with van der Waals surface area (Å²) in [5.41, 5.74) is -4.05. The molecule has 0 saturated carbocycles. The number of aliphatic hydroxyl groups is 1. The first-order valence-corrected chi connectivity index (χ1v) is 11.3. The van der Waals surface area contributed by atoms with Gasteiger partial charge in [-0.1, -0.05) is 0 Å². The number of hydrogen-bond acceptors (Lipinski definition) is 5. The van der Waals surface area contributed by atoms with E-state index in [4.69, 9.17) is 15.6 Å². The lowest BCUT2D eigenvalue weighted by Crippen LogP contribution is -2.51. The van der Waals surface area contributed by atoms with Gasteiger partial charge < -0.3 is 15.6 Å². The van der Waals surface area contributed by atoms with E-state index in [1.54, 1.807) is 0 Å². The monoisotopic (exact) mass is 529 g/mol. The van der Waals surface area contributed by atoms with E-state index < -0.39 is 87.2 Å². The highest BCUT2D eigenvalue weighted by atomic mass is 32.2. The van der Waals surface area contributed by atoms with Crippen molar-refractivity contribution >= 4 is 11.0 Å². The van der Waals surface area contributed by atoms with Gasteiger partial charge in [-0.15, -0.1) is 0 Å². The van der Waals surface area contributed by atoms with E-state index in [9.17, 15) is 40.0 Å². The van der Waals surface area contributed by atoms with Crippen LogP contribution in [0, 0.1) is 5.82 Å². The van der Waals surface area contributed by atoms with Crippen molar-refractivity contribution in [3.63, 3.8) is 0 Å². The third-order valence-electron chi connectivity index (χ3n) is 6.07. The zero-order valence-corrected chi connectivity index (χ0v) is 19.2. The number of fused-ring (bicyclic) bond motifs is 1. The summed E-state index contributed by atoms with van der Waals surface area (Å²) < 4.78 is 114. The average molecular weight is 529 g/mol. The molecule has 2 aromatic rings. The summed E-state index contributed by atoms with van der Waals surface area (Å²) in [6, 6.07) is 4.50. The van der Waals surface area contributed by atoms with Crippen LogP contribution < -0.4 is 15.6 Å². The van der Waals surface area contributed by atoms with Crippen molar-refractivity contribution in [1.29, 1.82) is 0 Å². The molecule has 0 fully saturated rings. The Morgan fingerprint density at radius 1 is 1.14 bits per heavy atom. The van der Waals surface area contributed by atoms with Crippen molar-refractivity contribution in [2.45, 2.75) is 48.4 Å². The molecule has 6 nitrogen and oxygen atoms in total. The van der Waals surface area contributed by atoms with E-state index in [-0.39, 0.29) is 5.56 Å². The molecule has 5 N–H and O–H groups in total. The molecule has 1 unspecified atom stereocenters. The molecule has 3 rings (SSSR count). The first-order chi connectivity index (χ1) is 15.9. The van der Waals surface area contributed by atoms with E-state index in [1.807, 2.05) is 0 Å². The van der Waals surface area contributed by atoms with Gasteiger partial charge in [0.1, 0.15) is 29.3 Å². The SMILES string of the molecule is CC(C)(C[C@]1(C(F)(F)F)COc2c1cc([C@@](O)(CN)C(F)(F)F)nc2-c1ccc(F)cc1)S(N)=O. The average Bonchev–Trinajstić information content (AvgIpc) is 3.11. The van der Waals surface area contributed by atoms with Gasteiger partial charge in [-0.05, 0) is 50.6 Å². The van der Waals surface area contributed by atoms with Gasteiger partial charge in [-0.25, -0.2) is 13.6 Å². The van der Waals surface area contributed by atoms with Gasteiger partial charge in [-0.2, -0.15) is 26.3 Å². The van der Waals surface area contributed by atoms with Crippen molar-refractivity contribution in [2.75, 3.05) is 13.2 Å². The van der Waals surface area contributed by atoms with Gasteiger partial charge >= 0.3 is 12.4 Å². The van der Waals surface area contributed by atoms with E-state index >= 15 is 0 Å². The maximum atomic E-state index is 14.6. The fourth-order valence-corrected chi connectivity index (χ4v) is 4.36. The van der Waals surface area contributed by atoms with Crippen LogP contribution in [0.4, 0.5) is 30.7 Å². The third-order valence-corrected chi connectivity index (χ3v) is 7.31. The highest BCUT2D eigenvalue weighted by Crippen LogP contribution is 2.56. The molecule has 14 heteroatoms. The summed E-state index contributed by atoms with van der Waals surface area (Å²) in [6.45, 7) is -0.0881. The van der Waals surface area contributed by atoms with Crippen LogP contribution in [0.3, 0.4) is 0 Å². The molecule has 0 saturated heterocycles. The molecule has 1 aliphatic rings. The van der Waals surface area contributed by atoms with Crippen LogP contribution in [-0.4, -0.2) is 44.6 Å². The number of benzene rings is 1. The first-order valence-electron chi connectivity index (χ1n) is 10.1. The van der Waals surface area contributed by atoms with Gasteiger partial charge in [0.15, 0.2) is 0 Å². The molecular weight excluding hydrogens is 507 g/mol. The Morgan fingerprint density at radius 2 is 1.71 bits per heavy atom. The molecule has 0 radical (unpaired) electrons. The number of nitrogens with two attached hydrogens (primary N) is 2. The van der Waals surface area contributed by atoms with Gasteiger partial charge in [0, 0.05) is 17.7 Å². The van der Waals surface area contributed by atoms with Crippen LogP contribution in [0.1, 0.15) is 31.5 Å². The summed E-state index contributed by atoms with van der Waals surface area (Å²) >= 11 is 0. The fourth-order valence-electron chi connectivity index (χ4n) is 3.97. The van der Waals surface area contributed by atoms with E-state index in [1.165, 1.54) is 13.8 Å². The third kappa shape index (κ3) is 4.52. The Labute approximate surface area is 198 Å². The van der Waals surface area contributed by atoms with Crippen LogP contribution >= 0.6 is 0 Å². The normalized spacial score (nSPS) is 21.3. The quantitative estimate of drug-likeness (QED) is 0.496. The van der Waals surface area contributed by atoms with E-state index in [0.717, 1.165) is 24.3 Å². The maximum Gasteiger partial charge on any atom is 0.424 e. The number of alkyl halides is 6. The van der Waals surface area contributed by atoms with Gasteiger partial charge in [0.05, 0.1) is 21.4 Å². The lowest BCUT2D eigenvalue weighted by atomic mass is 9.74. The molecule has 0 aliphatic carbocycles. The number of rotatable bonds is 6. The minimum Gasteiger partial charge on any atom is -0.490 e. The van der Waals surface area contributed by atoms with Crippen molar-refractivity contribution < 1.29 is 44.8 Å². The zero-order valence-electron chi connectivity index (χ0n) is 18.4. The zero-order chi connectivity index (χ0) is 26.6. The Bertz CT molecular complexity index is 1140. The predicted molar refractivity (Wildman–Crippen MR) is 113 cm³/mol. The second kappa shape index (κ2) is 8.68. The van der Waals surface area contributed by atoms with Crippen LogP contribution in [-0.2, 0) is 22.0 Å². The number of halogens is 7. The van der Waals surface area contributed by atoms with Crippen LogP contribution in [0.2, 0.25) is 0 Å². The number of nitrogens with zero attached hydrogens (tertiary/aromatic N) is 1. The molecular formula is C21H22F7N3O3S. The summed E-state index contributed by atoms with van der Waals surface area (Å²) in [6.07, 6.45) is -11.4. The van der Waals surface area contributed by atoms with Crippen molar-refractivity contribution in [3.05, 3.63) is 47.4 Å². The molecule has 3 atom stereocenters. The molecule has 0 bridgehead atoms. The molecule has 0 spiro atoms. The molecule has 1 aromatic heterocycles. The highest BCUT2D eigenvalue weighted by Gasteiger charge is 2.64. The van der Waals surface area contributed by atoms with Gasteiger partial charge in [-0.3, -0.25) is 5.14 Å². The number of aromatic nitrogens is 1. The number of hydrogen-bond donors (Lipinski definition) is 3. The highest BCUT2D eigenvalue weighted by molar-refractivity contribution is 7.84. The van der Waals surface area contributed by atoms with Gasteiger partial charge in [0.2, 0.25) is 5.60 Å². The van der Waals surface area contributed by atoms with Gasteiger partial charge in [0.25, 0.3) is 0 Å². The Kier molecular flexibility index (Phi) is 6.77. The van der Waals surface area contributed by atoms with Crippen molar-refractivity contribution in [2.24, 2.45) is 10.9 Å². The second-order valence-electron chi connectivity index (χ2n) is 8.90. The minimum atomic E-state index is -5.40. The molecule has 194 valence electrons.